The van der Waals surface area contributed by atoms with Crippen molar-refractivity contribution in [3.63, 3.8) is 0 Å². The number of carbonyl (C=O) groups excluding carboxylic acids is 1. The van der Waals surface area contributed by atoms with E-state index in [0.29, 0.717) is 18.0 Å². The van der Waals surface area contributed by atoms with Crippen molar-refractivity contribution in [3.8, 4) is 10.6 Å². The van der Waals surface area contributed by atoms with Crippen molar-refractivity contribution in [3.05, 3.63) is 66.0 Å². The molecule has 1 N–H and O–H groups in total. The number of aromatic nitrogens is 2. The molecule has 1 aliphatic carbocycles. The van der Waals surface area contributed by atoms with Gasteiger partial charge in [0.2, 0.25) is 11.0 Å². The fourth-order valence-electron chi connectivity index (χ4n) is 3.60. The molecule has 2 aromatic carbocycles. The lowest BCUT2D eigenvalue weighted by Crippen LogP contribution is -2.38. The number of benzene rings is 2. The minimum Gasteiger partial charge on any atom is -0.300 e. The molecule has 3 aromatic rings. The predicted octanol–water partition coefficient (Wildman–Crippen LogP) is 4.79. The van der Waals surface area contributed by atoms with Gasteiger partial charge in [-0.25, -0.2) is 4.39 Å². The summed E-state index contributed by atoms with van der Waals surface area (Å²) in [5.74, 6) is -0.444. The van der Waals surface area contributed by atoms with Crippen molar-refractivity contribution in [2.24, 2.45) is 0 Å². The fourth-order valence-corrected chi connectivity index (χ4v) is 4.34. The van der Waals surface area contributed by atoms with E-state index in [9.17, 15) is 9.18 Å². The summed E-state index contributed by atoms with van der Waals surface area (Å²) in [5, 5.41) is 12.4. The Labute approximate surface area is 155 Å². The summed E-state index contributed by atoms with van der Waals surface area (Å²) in [6, 6.07) is 16.1. The third kappa shape index (κ3) is 3.12. The zero-order chi connectivity index (χ0) is 18.0. The molecular weight excluding hydrogens is 349 g/mol. The Morgan fingerprint density at radius 2 is 1.81 bits per heavy atom. The second-order valence-corrected chi connectivity index (χ2v) is 7.51. The van der Waals surface area contributed by atoms with E-state index in [0.717, 1.165) is 29.0 Å². The Morgan fingerprint density at radius 1 is 1.04 bits per heavy atom. The minimum absolute atomic E-state index is 0.128. The van der Waals surface area contributed by atoms with E-state index in [-0.39, 0.29) is 11.7 Å². The highest BCUT2D eigenvalue weighted by Crippen LogP contribution is 2.42. The second-order valence-electron chi connectivity index (χ2n) is 6.53. The molecule has 1 amide bonds. The lowest BCUT2D eigenvalue weighted by molar-refractivity contribution is -0.121. The average Bonchev–Trinajstić information content (AvgIpc) is 3.33. The Morgan fingerprint density at radius 3 is 2.54 bits per heavy atom. The van der Waals surface area contributed by atoms with E-state index in [4.69, 9.17) is 0 Å². The van der Waals surface area contributed by atoms with Crippen LogP contribution in [-0.4, -0.2) is 16.1 Å². The van der Waals surface area contributed by atoms with E-state index in [1.807, 2.05) is 36.4 Å². The molecule has 4 nitrogen and oxygen atoms in total. The second kappa shape index (κ2) is 6.96. The van der Waals surface area contributed by atoms with Gasteiger partial charge in [0, 0.05) is 5.56 Å². The molecule has 0 radical (unpaired) electrons. The summed E-state index contributed by atoms with van der Waals surface area (Å²) in [6.07, 6.45) is 3.34. The van der Waals surface area contributed by atoms with Crippen LogP contribution in [0.25, 0.3) is 10.6 Å². The van der Waals surface area contributed by atoms with Crippen molar-refractivity contribution >= 4 is 22.4 Å². The van der Waals surface area contributed by atoms with Crippen LogP contribution in [0.3, 0.4) is 0 Å². The van der Waals surface area contributed by atoms with Gasteiger partial charge in [0.15, 0.2) is 0 Å². The van der Waals surface area contributed by atoms with Gasteiger partial charge in [-0.2, -0.15) is 0 Å². The van der Waals surface area contributed by atoms with Gasteiger partial charge in [-0.1, -0.05) is 66.6 Å². The number of anilines is 1. The van der Waals surface area contributed by atoms with E-state index in [2.05, 4.69) is 15.5 Å². The lowest BCUT2D eigenvalue weighted by atomic mass is 9.78. The van der Waals surface area contributed by atoms with Crippen LogP contribution >= 0.6 is 11.3 Å². The molecule has 0 atom stereocenters. The van der Waals surface area contributed by atoms with E-state index in [1.54, 1.807) is 6.07 Å². The zero-order valence-corrected chi connectivity index (χ0v) is 14.9. The molecule has 0 saturated heterocycles. The van der Waals surface area contributed by atoms with Crippen molar-refractivity contribution < 1.29 is 9.18 Å². The van der Waals surface area contributed by atoms with Crippen LogP contribution in [0.5, 0.6) is 0 Å². The number of amides is 1. The normalized spacial score (nSPS) is 15.7. The fraction of sp³-hybridized carbons (Fsp3) is 0.250. The van der Waals surface area contributed by atoms with Crippen molar-refractivity contribution in [2.45, 2.75) is 31.1 Å². The molecule has 132 valence electrons. The summed E-state index contributed by atoms with van der Waals surface area (Å²) < 4.78 is 13.7. The number of hydrogen-bond donors (Lipinski definition) is 1. The lowest BCUT2D eigenvalue weighted by Gasteiger charge is -2.27. The van der Waals surface area contributed by atoms with Crippen LogP contribution in [0.1, 0.15) is 31.2 Å². The quantitative estimate of drug-likeness (QED) is 0.721. The average molecular weight is 367 g/mol. The first-order chi connectivity index (χ1) is 12.7. The smallest absolute Gasteiger partial charge is 0.236 e. The maximum absolute atomic E-state index is 13.7. The molecule has 0 bridgehead atoms. The highest BCUT2D eigenvalue weighted by molar-refractivity contribution is 7.18. The molecule has 0 spiro atoms. The molecule has 1 fully saturated rings. The molecule has 0 unspecified atom stereocenters. The Hall–Kier alpha value is -2.60. The van der Waals surface area contributed by atoms with Crippen LogP contribution in [0.4, 0.5) is 9.52 Å². The van der Waals surface area contributed by atoms with Crippen LogP contribution in [0.15, 0.2) is 54.6 Å². The molecule has 0 aliphatic heterocycles. The van der Waals surface area contributed by atoms with Gasteiger partial charge in [0.25, 0.3) is 0 Å². The van der Waals surface area contributed by atoms with Gasteiger partial charge in [0.05, 0.1) is 5.41 Å². The van der Waals surface area contributed by atoms with Gasteiger partial charge in [0.1, 0.15) is 10.8 Å². The summed E-state index contributed by atoms with van der Waals surface area (Å²) in [5.41, 5.74) is 1.01. The van der Waals surface area contributed by atoms with Crippen LogP contribution in [0, 0.1) is 5.82 Å². The first-order valence-electron chi connectivity index (χ1n) is 8.64. The Bertz CT molecular complexity index is 920. The van der Waals surface area contributed by atoms with Crippen molar-refractivity contribution in [1.82, 2.24) is 10.2 Å². The summed E-state index contributed by atoms with van der Waals surface area (Å²) >= 11 is 1.34. The molecule has 1 saturated carbocycles. The molecular formula is C20H18FN3OS. The molecule has 4 rings (SSSR count). The van der Waals surface area contributed by atoms with E-state index >= 15 is 0 Å². The predicted molar refractivity (Wildman–Crippen MR) is 101 cm³/mol. The molecule has 6 heteroatoms. The maximum atomic E-state index is 13.7. The van der Waals surface area contributed by atoms with Gasteiger partial charge in [-0.3, -0.25) is 10.1 Å². The number of hydrogen-bond acceptors (Lipinski definition) is 4. The summed E-state index contributed by atoms with van der Waals surface area (Å²) in [7, 11) is 0. The number of nitrogens with one attached hydrogen (secondary N) is 1. The van der Waals surface area contributed by atoms with E-state index in [1.165, 1.54) is 23.5 Å². The van der Waals surface area contributed by atoms with Crippen LogP contribution in [0.2, 0.25) is 0 Å². The zero-order valence-electron chi connectivity index (χ0n) is 14.1. The Balaban J connectivity index is 1.59. The largest absolute Gasteiger partial charge is 0.300 e. The first-order valence-corrected chi connectivity index (χ1v) is 9.45. The van der Waals surface area contributed by atoms with E-state index < -0.39 is 5.41 Å². The summed E-state index contributed by atoms with van der Waals surface area (Å²) in [4.78, 5) is 13.1. The van der Waals surface area contributed by atoms with Crippen molar-refractivity contribution in [2.75, 3.05) is 5.32 Å². The highest BCUT2D eigenvalue weighted by atomic mass is 32.1. The van der Waals surface area contributed by atoms with Crippen LogP contribution < -0.4 is 5.32 Å². The summed E-state index contributed by atoms with van der Waals surface area (Å²) in [6.45, 7) is 0. The third-order valence-electron chi connectivity index (χ3n) is 4.94. The number of rotatable bonds is 4. The van der Waals surface area contributed by atoms with Crippen molar-refractivity contribution in [1.29, 1.82) is 0 Å². The highest BCUT2D eigenvalue weighted by Gasteiger charge is 2.43. The first kappa shape index (κ1) is 16.8. The third-order valence-corrected chi connectivity index (χ3v) is 5.82. The molecule has 1 aliphatic rings. The monoisotopic (exact) mass is 367 g/mol. The van der Waals surface area contributed by atoms with Crippen LogP contribution in [-0.2, 0) is 10.2 Å². The molecule has 1 heterocycles. The SMILES string of the molecule is O=C(Nc1nnc(-c2ccccc2)s1)C1(c2cccc(F)c2)CCCC1. The standard InChI is InChI=1S/C20H18FN3OS/c21-16-10-6-9-15(13-16)20(11-4-5-12-20)18(25)22-19-24-23-17(26-19)14-7-2-1-3-8-14/h1-3,6-10,13H,4-5,11-12H2,(H,22,24,25). The molecule has 26 heavy (non-hydrogen) atoms. The number of halogens is 1. The maximum Gasteiger partial charge on any atom is 0.236 e. The topological polar surface area (TPSA) is 54.9 Å². The minimum atomic E-state index is -0.694. The van der Waals surface area contributed by atoms with Gasteiger partial charge >= 0.3 is 0 Å². The van der Waals surface area contributed by atoms with Gasteiger partial charge in [-0.15, -0.1) is 10.2 Å². The number of carbonyl (C=O) groups is 1. The molecule has 1 aromatic heterocycles. The number of nitrogens with zero attached hydrogens (tertiary/aromatic N) is 2. The van der Waals surface area contributed by atoms with Gasteiger partial charge in [-0.05, 0) is 30.5 Å². The Kier molecular flexibility index (Phi) is 4.51. The van der Waals surface area contributed by atoms with Gasteiger partial charge < -0.3 is 0 Å².